The number of likely N-dealkylation sites (N-methyl/N-ethyl adjacent to an activating group) is 1. The fourth-order valence-electron chi connectivity index (χ4n) is 3.90. The number of fused-ring (bicyclic) bond motifs is 1. The van der Waals surface area contributed by atoms with E-state index in [0.717, 1.165) is 43.5 Å². The molecule has 11 heteroatoms. The van der Waals surface area contributed by atoms with E-state index in [1.807, 2.05) is 13.0 Å². The van der Waals surface area contributed by atoms with Crippen LogP contribution in [0.4, 0.5) is 5.82 Å². The number of thioether (sulfide) groups is 1. The molecule has 2 aromatic rings. The van der Waals surface area contributed by atoms with Crippen molar-refractivity contribution in [3.8, 4) is 0 Å². The summed E-state index contributed by atoms with van der Waals surface area (Å²) in [6.07, 6.45) is 3.54. The van der Waals surface area contributed by atoms with Gasteiger partial charge in [-0.2, -0.15) is 0 Å². The zero-order chi connectivity index (χ0) is 23.7. The second-order valence-corrected chi connectivity index (χ2v) is 9.84. The molecule has 0 radical (unpaired) electrons. The molecule has 0 atom stereocenters. The fraction of sp³-hybridized carbons (Fsp3) is 0.409. The summed E-state index contributed by atoms with van der Waals surface area (Å²) < 4.78 is 1.87. The summed E-state index contributed by atoms with van der Waals surface area (Å²) >= 11 is 6.48. The molecule has 9 nitrogen and oxygen atoms in total. The molecule has 0 bridgehead atoms. The van der Waals surface area contributed by atoms with Gasteiger partial charge in [0.05, 0.1) is 10.5 Å². The molecule has 2 aliphatic heterocycles. The van der Waals surface area contributed by atoms with Gasteiger partial charge in [0.15, 0.2) is 0 Å². The van der Waals surface area contributed by atoms with Crippen molar-refractivity contribution in [2.24, 2.45) is 0 Å². The first-order chi connectivity index (χ1) is 15.8. The van der Waals surface area contributed by atoms with Gasteiger partial charge in [0.25, 0.3) is 11.5 Å². The molecule has 4 heterocycles. The molecule has 0 spiro atoms. The van der Waals surface area contributed by atoms with Crippen LogP contribution < -0.4 is 10.5 Å². The minimum atomic E-state index is -0.918. The number of carboxylic acid groups (broad SMARTS) is 1. The normalized spacial score (nSPS) is 18.7. The molecule has 2 aliphatic rings. The second kappa shape index (κ2) is 9.62. The van der Waals surface area contributed by atoms with E-state index in [0.29, 0.717) is 32.7 Å². The van der Waals surface area contributed by atoms with E-state index in [4.69, 9.17) is 22.3 Å². The number of thiocarbonyl (C=S) groups is 1. The zero-order valence-corrected chi connectivity index (χ0v) is 20.1. The highest BCUT2D eigenvalue weighted by molar-refractivity contribution is 8.26. The van der Waals surface area contributed by atoms with Crippen LogP contribution in [0.3, 0.4) is 0 Å². The Morgan fingerprint density at radius 1 is 1.27 bits per heavy atom. The predicted octanol–water partition coefficient (Wildman–Crippen LogP) is 1.82. The maximum atomic E-state index is 13.5. The number of carbonyl (C=O) groups excluding carboxylic acids is 1. The Labute approximate surface area is 200 Å². The number of aliphatic carboxylic acids is 1. The molecule has 1 amide bonds. The van der Waals surface area contributed by atoms with Gasteiger partial charge in [0, 0.05) is 45.3 Å². The van der Waals surface area contributed by atoms with Crippen molar-refractivity contribution < 1.29 is 14.7 Å². The van der Waals surface area contributed by atoms with Crippen LogP contribution in [0, 0.1) is 6.92 Å². The monoisotopic (exact) mass is 487 g/mol. The smallest absolute Gasteiger partial charge is 0.303 e. The quantitative estimate of drug-likeness (QED) is 0.483. The van der Waals surface area contributed by atoms with E-state index in [-0.39, 0.29) is 24.4 Å². The average molecular weight is 488 g/mol. The standard InChI is InChI=1S/C22H25N5O4S2/c1-14-5-3-7-26-18(14)23-19(25-11-9-24(2)10-12-25)15(20(26)30)13-16-21(31)27(22(32)33-16)8-4-6-17(28)29/h3,5,7,13H,4,6,8-12H2,1-2H3,(H,28,29)/b16-13-. The summed E-state index contributed by atoms with van der Waals surface area (Å²) in [7, 11) is 2.06. The Bertz CT molecular complexity index is 1220. The number of carboxylic acids is 1. The first-order valence-corrected chi connectivity index (χ1v) is 11.9. The Balaban J connectivity index is 1.75. The van der Waals surface area contributed by atoms with E-state index in [2.05, 4.69) is 16.8 Å². The predicted molar refractivity (Wildman–Crippen MR) is 133 cm³/mol. The van der Waals surface area contributed by atoms with Crippen LogP contribution >= 0.6 is 24.0 Å². The first kappa shape index (κ1) is 23.4. The first-order valence-electron chi connectivity index (χ1n) is 10.7. The number of amides is 1. The molecule has 174 valence electrons. The molecule has 0 saturated carbocycles. The van der Waals surface area contributed by atoms with Crippen molar-refractivity contribution in [3.05, 3.63) is 44.7 Å². The van der Waals surface area contributed by atoms with E-state index < -0.39 is 5.97 Å². The number of hydrogen-bond donors (Lipinski definition) is 1. The number of piperazine rings is 1. The third kappa shape index (κ3) is 4.80. The van der Waals surface area contributed by atoms with E-state index in [1.54, 1.807) is 18.3 Å². The van der Waals surface area contributed by atoms with Crippen molar-refractivity contribution in [3.63, 3.8) is 0 Å². The summed E-state index contributed by atoms with van der Waals surface area (Å²) in [5, 5.41) is 8.87. The minimum absolute atomic E-state index is 0.0427. The van der Waals surface area contributed by atoms with Crippen molar-refractivity contribution in [2.45, 2.75) is 19.8 Å². The summed E-state index contributed by atoms with van der Waals surface area (Å²) in [5.74, 6) is -0.662. The van der Waals surface area contributed by atoms with Crippen molar-refractivity contribution in [1.82, 2.24) is 19.2 Å². The lowest BCUT2D eigenvalue weighted by Crippen LogP contribution is -2.45. The van der Waals surface area contributed by atoms with Crippen molar-refractivity contribution in [1.29, 1.82) is 0 Å². The lowest BCUT2D eigenvalue weighted by Gasteiger charge is -2.34. The number of nitrogens with zero attached hydrogens (tertiary/aromatic N) is 5. The topological polar surface area (TPSA) is 98.5 Å². The number of aryl methyl sites for hydroxylation is 1. The maximum absolute atomic E-state index is 13.5. The van der Waals surface area contributed by atoms with Gasteiger partial charge in [-0.3, -0.25) is 23.7 Å². The van der Waals surface area contributed by atoms with Gasteiger partial charge in [0.1, 0.15) is 15.8 Å². The highest BCUT2D eigenvalue weighted by Gasteiger charge is 2.33. The lowest BCUT2D eigenvalue weighted by molar-refractivity contribution is -0.137. The fourth-order valence-corrected chi connectivity index (χ4v) is 5.19. The van der Waals surface area contributed by atoms with Gasteiger partial charge in [-0.15, -0.1) is 0 Å². The lowest BCUT2D eigenvalue weighted by atomic mass is 10.2. The molecule has 2 fully saturated rings. The number of carbonyl (C=O) groups is 2. The van der Waals surface area contributed by atoms with Gasteiger partial charge in [-0.1, -0.05) is 30.0 Å². The molecule has 2 aromatic heterocycles. The number of aromatic nitrogens is 2. The van der Waals surface area contributed by atoms with Gasteiger partial charge < -0.3 is 14.9 Å². The molecule has 0 aliphatic carbocycles. The minimum Gasteiger partial charge on any atom is -0.481 e. The summed E-state index contributed by atoms with van der Waals surface area (Å²) in [6, 6.07) is 3.71. The van der Waals surface area contributed by atoms with Crippen LogP contribution in [-0.2, 0) is 9.59 Å². The molecule has 4 rings (SSSR count). The van der Waals surface area contributed by atoms with Gasteiger partial charge in [-0.25, -0.2) is 4.98 Å². The van der Waals surface area contributed by atoms with Gasteiger partial charge in [0.2, 0.25) is 0 Å². The molecule has 0 unspecified atom stereocenters. The summed E-state index contributed by atoms with van der Waals surface area (Å²) in [6.45, 7) is 5.29. The van der Waals surface area contributed by atoms with Crippen LogP contribution in [0.15, 0.2) is 28.0 Å². The van der Waals surface area contributed by atoms with Gasteiger partial charge in [-0.05, 0) is 38.1 Å². The molecule has 0 aromatic carbocycles. The highest BCUT2D eigenvalue weighted by Crippen LogP contribution is 2.34. The van der Waals surface area contributed by atoms with Crippen LogP contribution in [0.1, 0.15) is 24.0 Å². The van der Waals surface area contributed by atoms with E-state index in [9.17, 15) is 14.4 Å². The summed E-state index contributed by atoms with van der Waals surface area (Å²) in [5.41, 5.74) is 1.60. The average Bonchev–Trinajstić information content (AvgIpc) is 3.04. The second-order valence-electron chi connectivity index (χ2n) is 8.16. The molecule has 33 heavy (non-hydrogen) atoms. The van der Waals surface area contributed by atoms with E-state index in [1.165, 1.54) is 9.30 Å². The largest absolute Gasteiger partial charge is 0.481 e. The molecule has 1 N–H and O–H groups in total. The van der Waals surface area contributed by atoms with Crippen molar-refractivity contribution in [2.75, 3.05) is 44.7 Å². The number of anilines is 1. The third-order valence-electron chi connectivity index (χ3n) is 5.79. The zero-order valence-electron chi connectivity index (χ0n) is 18.5. The molecular weight excluding hydrogens is 462 g/mol. The Hall–Kier alpha value is -2.76. The number of rotatable bonds is 6. The SMILES string of the molecule is Cc1cccn2c(=O)c(/C=C3\SC(=S)N(CCCC(=O)O)C3=O)c(N3CCN(C)CC3)nc12. The summed E-state index contributed by atoms with van der Waals surface area (Å²) in [4.78, 5) is 48.3. The van der Waals surface area contributed by atoms with Crippen LogP contribution in [0.25, 0.3) is 11.7 Å². The Kier molecular flexibility index (Phi) is 6.82. The van der Waals surface area contributed by atoms with Crippen molar-refractivity contribution >= 4 is 57.7 Å². The van der Waals surface area contributed by atoms with Crippen LogP contribution in [-0.4, -0.2) is 80.3 Å². The van der Waals surface area contributed by atoms with Gasteiger partial charge >= 0.3 is 5.97 Å². The molecular formula is C22H25N5O4S2. The number of pyridine rings is 1. The maximum Gasteiger partial charge on any atom is 0.303 e. The van der Waals surface area contributed by atoms with Crippen LogP contribution in [0.5, 0.6) is 0 Å². The highest BCUT2D eigenvalue weighted by atomic mass is 32.2. The number of hydrogen-bond acceptors (Lipinski definition) is 8. The third-order valence-corrected chi connectivity index (χ3v) is 7.17. The Morgan fingerprint density at radius 2 is 2.00 bits per heavy atom. The van der Waals surface area contributed by atoms with E-state index >= 15 is 0 Å². The van der Waals surface area contributed by atoms with Crippen LogP contribution in [0.2, 0.25) is 0 Å². The molecule has 2 saturated heterocycles. The Morgan fingerprint density at radius 3 is 2.70 bits per heavy atom.